The molecule has 3 heterocycles. The van der Waals surface area contributed by atoms with E-state index in [1.165, 1.54) is 25.3 Å². The molecule has 1 aliphatic heterocycles. The van der Waals surface area contributed by atoms with E-state index in [1.807, 2.05) is 0 Å². The van der Waals surface area contributed by atoms with E-state index < -0.39 is 39.8 Å². The van der Waals surface area contributed by atoms with Gasteiger partial charge in [-0.3, -0.25) is 14.3 Å². The Morgan fingerprint density at radius 2 is 2.00 bits per heavy atom. The summed E-state index contributed by atoms with van der Waals surface area (Å²) in [4.78, 5) is 27.9. The molecular weight excluding hydrogens is 531 g/mol. The molecule has 1 saturated heterocycles. The number of nitriles is 1. The summed E-state index contributed by atoms with van der Waals surface area (Å²) in [5, 5.41) is 28.3. The van der Waals surface area contributed by atoms with E-state index in [0.29, 0.717) is 25.0 Å². The van der Waals surface area contributed by atoms with Gasteiger partial charge in [0.25, 0.3) is 5.56 Å². The SMILES string of the molecule is CCOC(=O)C(C)(C)[C@](O)(c1ccc(Nc2nn([C@]3(CC#N)CCCOC3)c3cc[nH]c(=O)c23)cc1)C(F)(F)F. The minimum absolute atomic E-state index is 0.0942. The van der Waals surface area contributed by atoms with Gasteiger partial charge < -0.3 is 24.9 Å². The topological polar surface area (TPSA) is 142 Å². The van der Waals surface area contributed by atoms with Crippen LogP contribution in [0, 0.1) is 16.7 Å². The first-order valence-corrected chi connectivity index (χ1v) is 12.7. The molecule has 0 saturated carbocycles. The molecule has 0 bridgehead atoms. The van der Waals surface area contributed by atoms with Gasteiger partial charge in [0.05, 0.1) is 36.8 Å². The first-order valence-electron chi connectivity index (χ1n) is 12.7. The van der Waals surface area contributed by atoms with Crippen LogP contribution in [0.5, 0.6) is 0 Å². The molecule has 0 unspecified atom stereocenters. The summed E-state index contributed by atoms with van der Waals surface area (Å²) in [6.45, 7) is 4.02. The maximum Gasteiger partial charge on any atom is 0.422 e. The number of esters is 1. The molecule has 40 heavy (non-hydrogen) atoms. The van der Waals surface area contributed by atoms with Crippen LogP contribution in [0.3, 0.4) is 0 Å². The second-order valence-corrected chi connectivity index (χ2v) is 10.3. The number of aliphatic hydroxyl groups is 1. The Kier molecular flexibility index (Phi) is 7.70. The highest BCUT2D eigenvalue weighted by atomic mass is 19.4. The smallest absolute Gasteiger partial charge is 0.422 e. The van der Waals surface area contributed by atoms with Crippen LogP contribution in [-0.4, -0.2) is 51.8 Å². The number of hydrogen-bond acceptors (Lipinski definition) is 8. The zero-order chi connectivity index (χ0) is 29.3. The number of alkyl halides is 3. The van der Waals surface area contributed by atoms with Crippen molar-refractivity contribution < 1.29 is 32.5 Å². The molecule has 3 aromatic rings. The predicted molar refractivity (Wildman–Crippen MR) is 139 cm³/mol. The van der Waals surface area contributed by atoms with Gasteiger partial charge in [-0.15, -0.1) is 0 Å². The molecule has 2 atom stereocenters. The van der Waals surface area contributed by atoms with Crippen molar-refractivity contribution in [1.82, 2.24) is 14.8 Å². The normalized spacial score (nSPS) is 19.6. The number of anilines is 2. The van der Waals surface area contributed by atoms with Crippen molar-refractivity contribution in [3.8, 4) is 6.07 Å². The van der Waals surface area contributed by atoms with Crippen LogP contribution in [-0.2, 0) is 25.4 Å². The molecule has 0 amide bonds. The number of hydrogen-bond donors (Lipinski definition) is 3. The number of nitrogens with zero attached hydrogens (tertiary/aromatic N) is 3. The van der Waals surface area contributed by atoms with Crippen LogP contribution in [0.25, 0.3) is 10.9 Å². The molecule has 0 aliphatic carbocycles. The number of rotatable bonds is 8. The van der Waals surface area contributed by atoms with Crippen LogP contribution >= 0.6 is 0 Å². The number of benzene rings is 1. The number of aromatic amines is 1. The Balaban J connectivity index is 1.76. The Bertz CT molecular complexity index is 1480. The molecule has 0 spiro atoms. The lowest BCUT2D eigenvalue weighted by Crippen LogP contribution is -2.57. The third-order valence-corrected chi connectivity index (χ3v) is 7.43. The van der Waals surface area contributed by atoms with Gasteiger partial charge >= 0.3 is 12.1 Å². The molecule has 13 heteroatoms. The highest BCUT2D eigenvalue weighted by Gasteiger charge is 2.67. The van der Waals surface area contributed by atoms with Crippen molar-refractivity contribution in [3.05, 3.63) is 52.4 Å². The third kappa shape index (κ3) is 4.71. The van der Waals surface area contributed by atoms with Gasteiger partial charge in [-0.2, -0.15) is 23.5 Å². The number of fused-ring (bicyclic) bond motifs is 1. The second kappa shape index (κ2) is 10.6. The Labute approximate surface area is 227 Å². The molecule has 0 radical (unpaired) electrons. The summed E-state index contributed by atoms with van der Waals surface area (Å²) in [5.41, 5.74) is -7.00. The Morgan fingerprint density at radius 3 is 2.58 bits per heavy atom. The standard InChI is InChI=1S/C27H30F3N5O5/c1-4-40-23(37)24(2,3)26(38,27(28,29)30)17-6-8-18(9-7-17)33-21-20-19(10-14-32-22(20)36)35(34-21)25(12-13-31)11-5-15-39-16-25/h6-10,14,38H,4-5,11-12,15-16H2,1-3H3,(H,32,36)(H,33,34)/t25-,26+/m0/s1. The number of aromatic nitrogens is 3. The maximum absolute atomic E-state index is 14.3. The third-order valence-electron chi connectivity index (χ3n) is 7.43. The average Bonchev–Trinajstić information content (AvgIpc) is 3.29. The van der Waals surface area contributed by atoms with Crippen LogP contribution in [0.15, 0.2) is 41.3 Å². The van der Waals surface area contributed by atoms with Gasteiger partial charge in [0.15, 0.2) is 5.82 Å². The Hall–Kier alpha value is -3.89. The van der Waals surface area contributed by atoms with E-state index in [-0.39, 0.29) is 36.5 Å². The number of H-pyrrole nitrogens is 1. The second-order valence-electron chi connectivity index (χ2n) is 10.3. The first-order chi connectivity index (χ1) is 18.8. The van der Waals surface area contributed by atoms with Gasteiger partial charge in [-0.25, -0.2) is 0 Å². The highest BCUT2D eigenvalue weighted by molar-refractivity contribution is 5.91. The van der Waals surface area contributed by atoms with Gasteiger partial charge in [-0.1, -0.05) is 12.1 Å². The minimum Gasteiger partial charge on any atom is -0.465 e. The summed E-state index contributed by atoms with van der Waals surface area (Å²) in [6, 6.07) is 8.50. The fraction of sp³-hybridized carbons (Fsp3) is 0.481. The zero-order valence-electron chi connectivity index (χ0n) is 22.3. The fourth-order valence-electron chi connectivity index (χ4n) is 5.16. The zero-order valence-corrected chi connectivity index (χ0v) is 22.3. The minimum atomic E-state index is -5.21. The Morgan fingerprint density at radius 1 is 1.30 bits per heavy atom. The van der Waals surface area contributed by atoms with Crippen LogP contribution < -0.4 is 10.9 Å². The van der Waals surface area contributed by atoms with E-state index in [1.54, 1.807) is 10.7 Å². The van der Waals surface area contributed by atoms with Crippen LogP contribution in [0.4, 0.5) is 24.7 Å². The van der Waals surface area contributed by atoms with Crippen molar-refractivity contribution in [3.63, 3.8) is 0 Å². The van der Waals surface area contributed by atoms with E-state index in [4.69, 9.17) is 9.47 Å². The van der Waals surface area contributed by atoms with Crippen LogP contribution in [0.1, 0.15) is 45.6 Å². The van der Waals surface area contributed by atoms with E-state index in [2.05, 4.69) is 21.5 Å². The fourth-order valence-corrected chi connectivity index (χ4v) is 5.16. The van der Waals surface area contributed by atoms with Gasteiger partial charge in [-0.05, 0) is 57.4 Å². The lowest BCUT2D eigenvalue weighted by molar-refractivity contribution is -0.303. The van der Waals surface area contributed by atoms with Gasteiger partial charge in [0.1, 0.15) is 10.8 Å². The predicted octanol–water partition coefficient (Wildman–Crippen LogP) is 4.23. The summed E-state index contributed by atoms with van der Waals surface area (Å²) in [7, 11) is 0. The highest BCUT2D eigenvalue weighted by Crippen LogP contribution is 2.51. The summed E-state index contributed by atoms with van der Waals surface area (Å²) in [6.07, 6.45) is -2.35. The van der Waals surface area contributed by atoms with Crippen LogP contribution in [0.2, 0.25) is 0 Å². The van der Waals surface area contributed by atoms with E-state index in [0.717, 1.165) is 26.0 Å². The number of ether oxygens (including phenoxy) is 2. The summed E-state index contributed by atoms with van der Waals surface area (Å²) < 4.78 is 54.9. The first kappa shape index (κ1) is 29.1. The van der Waals surface area contributed by atoms with Crippen molar-refractivity contribution in [2.45, 2.75) is 57.3 Å². The maximum atomic E-state index is 14.3. The van der Waals surface area contributed by atoms with Gasteiger partial charge in [0, 0.05) is 18.5 Å². The lowest BCUT2D eigenvalue weighted by atomic mass is 9.70. The average molecular weight is 562 g/mol. The van der Waals surface area contributed by atoms with E-state index >= 15 is 0 Å². The van der Waals surface area contributed by atoms with Crippen molar-refractivity contribution in [2.75, 3.05) is 25.1 Å². The molecule has 214 valence electrons. The van der Waals surface area contributed by atoms with Gasteiger partial charge in [0.2, 0.25) is 5.60 Å². The molecule has 1 aliphatic rings. The van der Waals surface area contributed by atoms with Crippen molar-refractivity contribution in [2.24, 2.45) is 5.41 Å². The van der Waals surface area contributed by atoms with Crippen molar-refractivity contribution in [1.29, 1.82) is 5.26 Å². The molecular formula is C27H30F3N5O5. The molecule has 4 rings (SSSR count). The number of nitrogens with one attached hydrogen (secondary N) is 2. The summed E-state index contributed by atoms with van der Waals surface area (Å²) >= 11 is 0. The monoisotopic (exact) mass is 561 g/mol. The van der Waals surface area contributed by atoms with E-state index in [9.17, 15) is 33.1 Å². The quantitative estimate of drug-likeness (QED) is 0.347. The lowest BCUT2D eigenvalue weighted by Gasteiger charge is -2.42. The van der Waals surface area contributed by atoms with Crippen molar-refractivity contribution >= 4 is 28.4 Å². The summed E-state index contributed by atoms with van der Waals surface area (Å²) in [5.74, 6) is -1.07. The number of halogens is 3. The molecule has 1 fully saturated rings. The molecule has 10 nitrogen and oxygen atoms in total. The number of pyridine rings is 1. The number of carbonyl (C=O) groups excluding carboxylic acids is 1. The molecule has 3 N–H and O–H groups in total. The number of carbonyl (C=O) groups is 1. The molecule has 2 aromatic heterocycles. The molecule has 1 aromatic carbocycles. The largest absolute Gasteiger partial charge is 0.465 e.